The van der Waals surface area contributed by atoms with Crippen LogP contribution in [0.3, 0.4) is 0 Å². The Morgan fingerprint density at radius 1 is 0.714 bits per heavy atom. The number of unbranched alkanes of at least 4 members (excludes halogenated alkanes) is 13. The fourth-order valence-corrected chi connectivity index (χ4v) is 2.51. The summed E-state index contributed by atoms with van der Waals surface area (Å²) in [6, 6.07) is 0. The third-order valence-corrected chi connectivity index (χ3v) is 3.80. The maximum atomic E-state index is 10.1. The first-order chi connectivity index (χ1) is 9.77. The maximum Gasteiger partial charge on any atom is 1.00 e. The fraction of sp³-hybridized carbons (Fsp3) is 0.941. The molecule has 4 heteroatoms. The number of carbonyl (C=O) groups is 1. The molecule has 0 aromatic carbocycles. The van der Waals surface area contributed by atoms with Crippen molar-refractivity contribution in [3.63, 3.8) is 0 Å². The van der Waals surface area contributed by atoms with E-state index in [0.29, 0.717) is 6.54 Å². The minimum Gasteiger partial charge on any atom is -0.530 e. The first kappa shape index (κ1) is 23.5. The van der Waals surface area contributed by atoms with E-state index in [-0.39, 0.29) is 29.6 Å². The molecular weight excluding hydrogens is 273 g/mol. The van der Waals surface area contributed by atoms with Crippen LogP contribution in [0.5, 0.6) is 0 Å². The Hall–Kier alpha value is 0.270. The topological polar surface area (TPSA) is 52.2 Å². The normalized spacial score (nSPS) is 10.1. The van der Waals surface area contributed by atoms with E-state index in [9.17, 15) is 9.90 Å². The predicted octanol–water partition coefficient (Wildman–Crippen LogP) is 1.40. The van der Waals surface area contributed by atoms with Crippen molar-refractivity contribution in [3.05, 3.63) is 0 Å². The van der Waals surface area contributed by atoms with Gasteiger partial charge in [-0.05, 0) is 6.42 Å². The summed E-state index contributed by atoms with van der Waals surface area (Å²) in [5.74, 6) is 0. The molecule has 0 saturated heterocycles. The number of carboxylic acid groups (broad SMARTS) is 1. The van der Waals surface area contributed by atoms with Crippen LogP contribution < -0.4 is 40.0 Å². The first-order valence-electron chi connectivity index (χ1n) is 8.72. The van der Waals surface area contributed by atoms with Gasteiger partial charge in [-0.15, -0.1) is 0 Å². The molecule has 0 heterocycles. The fourth-order valence-electron chi connectivity index (χ4n) is 2.51. The first-order valence-corrected chi connectivity index (χ1v) is 8.72. The molecule has 1 N–H and O–H groups in total. The Balaban J connectivity index is 0. The molecule has 0 spiro atoms. The van der Waals surface area contributed by atoms with Crippen molar-refractivity contribution < 1.29 is 39.5 Å². The van der Waals surface area contributed by atoms with Gasteiger partial charge < -0.3 is 15.2 Å². The second-order valence-corrected chi connectivity index (χ2v) is 5.81. The van der Waals surface area contributed by atoms with Gasteiger partial charge in [0.1, 0.15) is 6.09 Å². The summed E-state index contributed by atoms with van der Waals surface area (Å²) >= 11 is 0. The summed E-state index contributed by atoms with van der Waals surface area (Å²) in [4.78, 5) is 10.1. The molecule has 1 amide bonds. The van der Waals surface area contributed by atoms with Crippen LogP contribution in [0.2, 0.25) is 0 Å². The molecule has 0 saturated carbocycles. The average molecular weight is 307 g/mol. The largest absolute Gasteiger partial charge is 1.00 e. The maximum absolute atomic E-state index is 10.1. The second-order valence-electron chi connectivity index (χ2n) is 5.81. The van der Waals surface area contributed by atoms with E-state index < -0.39 is 6.09 Å². The van der Waals surface area contributed by atoms with E-state index in [0.717, 1.165) is 12.8 Å². The second kappa shape index (κ2) is 20.3. The smallest absolute Gasteiger partial charge is 0.530 e. The molecule has 0 aliphatic rings. The van der Waals surface area contributed by atoms with Crippen molar-refractivity contribution >= 4 is 6.09 Å². The molecule has 0 bridgehead atoms. The summed E-state index contributed by atoms with van der Waals surface area (Å²) in [6.07, 6.45) is 17.3. The third-order valence-electron chi connectivity index (χ3n) is 3.80. The minimum atomic E-state index is -1.15. The zero-order chi connectivity index (χ0) is 14.9. The van der Waals surface area contributed by atoms with Crippen molar-refractivity contribution in [1.82, 2.24) is 5.32 Å². The van der Waals surface area contributed by atoms with Crippen molar-refractivity contribution in [2.75, 3.05) is 6.54 Å². The molecule has 0 unspecified atom stereocenters. The molecule has 0 aliphatic carbocycles. The van der Waals surface area contributed by atoms with E-state index in [1.54, 1.807) is 0 Å². The van der Waals surface area contributed by atoms with Crippen molar-refractivity contribution in [2.45, 2.75) is 96.8 Å². The van der Waals surface area contributed by atoms with E-state index >= 15 is 0 Å². The number of carbonyl (C=O) groups excluding carboxylic acids is 1. The van der Waals surface area contributed by atoms with Gasteiger partial charge in [0.25, 0.3) is 0 Å². The molecule has 0 fully saturated rings. The van der Waals surface area contributed by atoms with Gasteiger partial charge in [-0.25, -0.2) is 0 Å². The molecule has 21 heavy (non-hydrogen) atoms. The molecule has 0 radical (unpaired) electrons. The monoisotopic (exact) mass is 307 g/mol. The SMILES string of the molecule is CCCCCCCCCCCCCCCCNC(=O)[O-].[Na+]. The predicted molar refractivity (Wildman–Crippen MR) is 83.7 cm³/mol. The van der Waals surface area contributed by atoms with Gasteiger partial charge in [0.05, 0.1) is 0 Å². The molecule has 0 aliphatic heterocycles. The number of amides is 1. The van der Waals surface area contributed by atoms with Crippen molar-refractivity contribution in [2.24, 2.45) is 0 Å². The molecular formula is C17H34NNaO2. The minimum absolute atomic E-state index is 0. The summed E-state index contributed by atoms with van der Waals surface area (Å²) in [6.45, 7) is 2.81. The van der Waals surface area contributed by atoms with E-state index in [4.69, 9.17) is 0 Å². The standard InChI is InChI=1S/C17H35NO2.Na/c1-2-3-4-5-6-7-8-9-10-11-12-13-14-15-16-18-17(19)20;/h18H,2-16H2,1H3,(H,19,20);/q;+1/p-1. The molecule has 0 rings (SSSR count). The van der Waals surface area contributed by atoms with Gasteiger partial charge in [-0.3, -0.25) is 0 Å². The number of rotatable bonds is 15. The molecule has 0 atom stereocenters. The van der Waals surface area contributed by atoms with Crippen LogP contribution in [0.4, 0.5) is 4.79 Å². The van der Waals surface area contributed by atoms with Crippen LogP contribution in [0.15, 0.2) is 0 Å². The number of hydrogen-bond acceptors (Lipinski definition) is 2. The molecule has 0 aromatic rings. The van der Waals surface area contributed by atoms with Crippen LogP contribution in [0.25, 0.3) is 0 Å². The van der Waals surface area contributed by atoms with Gasteiger partial charge in [0, 0.05) is 6.54 Å². The Morgan fingerprint density at radius 3 is 1.38 bits per heavy atom. The Bertz CT molecular complexity index is 213. The van der Waals surface area contributed by atoms with Crippen LogP contribution in [0.1, 0.15) is 96.8 Å². The Morgan fingerprint density at radius 2 is 1.05 bits per heavy atom. The quantitative estimate of drug-likeness (QED) is 0.367. The van der Waals surface area contributed by atoms with Gasteiger partial charge in [0.2, 0.25) is 0 Å². The average Bonchev–Trinajstić information content (AvgIpc) is 2.43. The van der Waals surface area contributed by atoms with Gasteiger partial charge in [-0.2, -0.15) is 0 Å². The zero-order valence-electron chi connectivity index (χ0n) is 14.4. The van der Waals surface area contributed by atoms with Crippen LogP contribution in [-0.4, -0.2) is 12.6 Å². The molecule has 0 aromatic heterocycles. The summed E-state index contributed by atoms with van der Waals surface area (Å²) in [5.41, 5.74) is 0. The van der Waals surface area contributed by atoms with Gasteiger partial charge in [0.15, 0.2) is 0 Å². The van der Waals surface area contributed by atoms with Crippen molar-refractivity contribution in [1.29, 1.82) is 0 Å². The van der Waals surface area contributed by atoms with Crippen LogP contribution in [-0.2, 0) is 0 Å². The van der Waals surface area contributed by atoms with E-state index in [1.165, 1.54) is 77.0 Å². The summed E-state index contributed by atoms with van der Waals surface area (Å²) < 4.78 is 0. The number of hydrogen-bond donors (Lipinski definition) is 1. The molecule has 3 nitrogen and oxygen atoms in total. The molecule has 120 valence electrons. The van der Waals surface area contributed by atoms with Crippen molar-refractivity contribution in [3.8, 4) is 0 Å². The summed E-state index contributed by atoms with van der Waals surface area (Å²) in [5, 5.41) is 12.4. The Labute approximate surface area is 153 Å². The van der Waals surface area contributed by atoms with Gasteiger partial charge >= 0.3 is 29.6 Å². The van der Waals surface area contributed by atoms with E-state index in [1.807, 2.05) is 0 Å². The van der Waals surface area contributed by atoms with Gasteiger partial charge in [-0.1, -0.05) is 90.4 Å². The summed E-state index contributed by atoms with van der Waals surface area (Å²) in [7, 11) is 0. The zero-order valence-corrected chi connectivity index (χ0v) is 16.4. The van der Waals surface area contributed by atoms with Crippen LogP contribution >= 0.6 is 0 Å². The number of nitrogens with one attached hydrogen (secondary N) is 1. The van der Waals surface area contributed by atoms with Crippen LogP contribution in [0, 0.1) is 0 Å². The third kappa shape index (κ3) is 22.7. The van der Waals surface area contributed by atoms with E-state index in [2.05, 4.69) is 12.2 Å². The Kier molecular flexibility index (Phi) is 22.7.